The monoisotopic (exact) mass is 280 g/mol. The van der Waals surface area contributed by atoms with Crippen LogP contribution in [-0.2, 0) is 6.42 Å². The van der Waals surface area contributed by atoms with Crippen LogP contribution in [0.3, 0.4) is 0 Å². The van der Waals surface area contributed by atoms with Gasteiger partial charge in [-0.3, -0.25) is 0 Å². The van der Waals surface area contributed by atoms with Crippen molar-refractivity contribution in [2.45, 2.75) is 43.7 Å². The van der Waals surface area contributed by atoms with Crippen molar-refractivity contribution in [3.63, 3.8) is 0 Å². The normalized spacial score (nSPS) is 19.8. The van der Waals surface area contributed by atoms with Crippen LogP contribution in [0, 0.1) is 0 Å². The predicted octanol–water partition coefficient (Wildman–Crippen LogP) is 3.34. The molecule has 0 aromatic heterocycles. The summed E-state index contributed by atoms with van der Waals surface area (Å²) in [5, 5.41) is 4.43. The maximum atomic E-state index is 6.32. The number of hydrogen-bond acceptors (Lipinski definition) is 2. The van der Waals surface area contributed by atoms with E-state index in [4.69, 9.17) is 11.6 Å². The molecule has 1 aliphatic carbocycles. The number of halogens is 1. The Morgan fingerprint density at radius 1 is 1.26 bits per heavy atom. The average Bonchev–Trinajstić information content (AvgIpc) is 2.88. The Morgan fingerprint density at radius 3 is 2.42 bits per heavy atom. The van der Waals surface area contributed by atoms with Crippen molar-refractivity contribution in [3.8, 4) is 0 Å². The van der Waals surface area contributed by atoms with Gasteiger partial charge in [0.1, 0.15) is 0 Å². The minimum absolute atomic E-state index is 0.272. The van der Waals surface area contributed by atoms with Gasteiger partial charge >= 0.3 is 0 Å². The molecule has 0 bridgehead atoms. The van der Waals surface area contributed by atoms with E-state index in [2.05, 4.69) is 43.5 Å². The number of nitrogens with one attached hydrogen (secondary N) is 1. The first-order valence-electron chi connectivity index (χ1n) is 7.18. The van der Waals surface area contributed by atoms with E-state index in [0.717, 1.165) is 11.4 Å². The Bertz CT molecular complexity index is 411. The summed E-state index contributed by atoms with van der Waals surface area (Å²) >= 11 is 6.32. The van der Waals surface area contributed by atoms with E-state index in [1.54, 1.807) is 0 Å². The van der Waals surface area contributed by atoms with E-state index in [9.17, 15) is 0 Å². The first-order valence-corrected chi connectivity index (χ1v) is 7.56. The summed E-state index contributed by atoms with van der Waals surface area (Å²) in [6, 6.07) is 8.65. The molecule has 1 saturated carbocycles. The topological polar surface area (TPSA) is 15.3 Å². The molecule has 0 spiro atoms. The highest BCUT2D eigenvalue weighted by molar-refractivity contribution is 6.31. The summed E-state index contributed by atoms with van der Waals surface area (Å²) in [6.45, 7) is 0. The van der Waals surface area contributed by atoms with Crippen molar-refractivity contribution in [2.24, 2.45) is 0 Å². The molecule has 1 N–H and O–H groups in total. The van der Waals surface area contributed by atoms with Crippen LogP contribution >= 0.6 is 11.6 Å². The standard InChI is InChI=1S/C16H25ClN2/c1-18-15(12-13-8-4-5-9-14(13)17)16(19(2)3)10-6-7-11-16/h4-5,8-9,15,18H,6-7,10-12H2,1-3H3. The molecule has 2 rings (SSSR count). The highest BCUT2D eigenvalue weighted by Gasteiger charge is 2.42. The number of benzene rings is 1. The molecule has 1 atom stereocenters. The molecule has 1 fully saturated rings. The molecule has 0 heterocycles. The molecular formula is C16H25ClN2. The van der Waals surface area contributed by atoms with E-state index in [0.29, 0.717) is 6.04 Å². The third-order valence-corrected chi connectivity index (χ3v) is 5.11. The first kappa shape index (κ1) is 14.8. The van der Waals surface area contributed by atoms with Gasteiger partial charge in [-0.1, -0.05) is 42.6 Å². The van der Waals surface area contributed by atoms with Crippen LogP contribution in [0.15, 0.2) is 24.3 Å². The minimum atomic E-state index is 0.272. The lowest BCUT2D eigenvalue weighted by atomic mass is 9.83. The maximum absolute atomic E-state index is 6.32. The molecule has 2 nitrogen and oxygen atoms in total. The third kappa shape index (κ3) is 2.96. The lowest BCUT2D eigenvalue weighted by Gasteiger charge is -2.43. The van der Waals surface area contributed by atoms with Gasteiger partial charge in [0.2, 0.25) is 0 Å². The largest absolute Gasteiger partial charge is 0.315 e. The molecular weight excluding hydrogens is 256 g/mol. The predicted molar refractivity (Wildman–Crippen MR) is 82.9 cm³/mol. The average molecular weight is 281 g/mol. The third-order valence-electron chi connectivity index (χ3n) is 4.74. The second-order valence-corrected chi connectivity index (χ2v) is 6.25. The summed E-state index contributed by atoms with van der Waals surface area (Å²) in [5.41, 5.74) is 1.52. The fraction of sp³-hybridized carbons (Fsp3) is 0.625. The molecule has 0 radical (unpaired) electrons. The zero-order chi connectivity index (χ0) is 13.9. The first-order chi connectivity index (χ1) is 9.10. The Labute approximate surface area is 122 Å². The number of rotatable bonds is 5. The van der Waals surface area contributed by atoms with E-state index in [1.165, 1.54) is 31.2 Å². The van der Waals surface area contributed by atoms with Crippen molar-refractivity contribution in [1.82, 2.24) is 10.2 Å². The van der Waals surface area contributed by atoms with Crippen LogP contribution in [0.25, 0.3) is 0 Å². The van der Waals surface area contributed by atoms with Gasteiger partial charge in [-0.15, -0.1) is 0 Å². The highest BCUT2D eigenvalue weighted by Crippen LogP contribution is 2.38. The Kier molecular flexibility index (Phi) is 4.88. The molecule has 1 aliphatic rings. The van der Waals surface area contributed by atoms with Crippen LogP contribution in [0.5, 0.6) is 0 Å². The van der Waals surface area contributed by atoms with Crippen LogP contribution in [0.1, 0.15) is 31.2 Å². The zero-order valence-electron chi connectivity index (χ0n) is 12.2. The molecule has 0 aliphatic heterocycles. The molecule has 1 aromatic rings. The van der Waals surface area contributed by atoms with Gasteiger partial charge in [0.05, 0.1) is 0 Å². The fourth-order valence-corrected chi connectivity index (χ4v) is 3.75. The SMILES string of the molecule is CNC(Cc1ccccc1Cl)C1(N(C)C)CCCC1. The zero-order valence-corrected chi connectivity index (χ0v) is 13.0. The number of nitrogens with zero attached hydrogens (tertiary/aromatic N) is 1. The van der Waals surface area contributed by atoms with Crippen molar-refractivity contribution in [1.29, 1.82) is 0 Å². The number of likely N-dealkylation sites (N-methyl/N-ethyl adjacent to an activating group) is 2. The molecule has 0 saturated heterocycles. The van der Waals surface area contributed by atoms with Gasteiger partial charge in [-0.05, 0) is 52.0 Å². The van der Waals surface area contributed by atoms with Gasteiger partial charge < -0.3 is 10.2 Å². The van der Waals surface area contributed by atoms with E-state index < -0.39 is 0 Å². The van der Waals surface area contributed by atoms with Gasteiger partial charge in [0.15, 0.2) is 0 Å². The Balaban J connectivity index is 2.22. The second-order valence-electron chi connectivity index (χ2n) is 5.84. The molecule has 1 aromatic carbocycles. The lowest BCUT2D eigenvalue weighted by Crippen LogP contribution is -2.57. The van der Waals surface area contributed by atoms with Crippen LogP contribution in [0.4, 0.5) is 0 Å². The minimum Gasteiger partial charge on any atom is -0.315 e. The second kappa shape index (κ2) is 6.25. The molecule has 106 valence electrons. The van der Waals surface area contributed by atoms with Crippen molar-refractivity contribution < 1.29 is 0 Å². The van der Waals surface area contributed by atoms with Crippen molar-refractivity contribution >= 4 is 11.6 Å². The van der Waals surface area contributed by atoms with E-state index in [-0.39, 0.29) is 5.54 Å². The van der Waals surface area contributed by atoms with Crippen molar-refractivity contribution in [2.75, 3.05) is 21.1 Å². The van der Waals surface area contributed by atoms with Gasteiger partial charge in [-0.2, -0.15) is 0 Å². The van der Waals surface area contributed by atoms with Crippen LogP contribution in [0.2, 0.25) is 5.02 Å². The van der Waals surface area contributed by atoms with Gasteiger partial charge in [-0.25, -0.2) is 0 Å². The fourth-order valence-electron chi connectivity index (χ4n) is 3.54. The van der Waals surface area contributed by atoms with E-state index in [1.807, 2.05) is 12.1 Å². The summed E-state index contributed by atoms with van der Waals surface area (Å²) < 4.78 is 0. The molecule has 0 amide bonds. The lowest BCUT2D eigenvalue weighted by molar-refractivity contribution is 0.108. The Morgan fingerprint density at radius 2 is 1.89 bits per heavy atom. The van der Waals surface area contributed by atoms with Crippen molar-refractivity contribution in [3.05, 3.63) is 34.9 Å². The van der Waals surface area contributed by atoms with E-state index >= 15 is 0 Å². The van der Waals surface area contributed by atoms with Crippen LogP contribution < -0.4 is 5.32 Å². The summed E-state index contributed by atoms with van der Waals surface area (Å²) in [5.74, 6) is 0. The van der Waals surface area contributed by atoms with Gasteiger partial charge in [0.25, 0.3) is 0 Å². The number of hydrogen-bond donors (Lipinski definition) is 1. The summed E-state index contributed by atoms with van der Waals surface area (Å²) in [7, 11) is 6.50. The Hall–Kier alpha value is -0.570. The molecule has 3 heteroatoms. The van der Waals surface area contributed by atoms with Gasteiger partial charge in [0, 0.05) is 16.6 Å². The summed E-state index contributed by atoms with van der Waals surface area (Å²) in [4.78, 5) is 2.41. The smallest absolute Gasteiger partial charge is 0.0438 e. The highest BCUT2D eigenvalue weighted by atomic mass is 35.5. The maximum Gasteiger partial charge on any atom is 0.0438 e. The quantitative estimate of drug-likeness (QED) is 0.890. The molecule has 1 unspecified atom stereocenters. The summed E-state index contributed by atoms with van der Waals surface area (Å²) in [6.07, 6.45) is 6.21. The van der Waals surface area contributed by atoms with Crippen LogP contribution in [-0.4, -0.2) is 37.6 Å². The molecule has 19 heavy (non-hydrogen) atoms.